The molecule has 0 amide bonds. The van der Waals surface area contributed by atoms with Gasteiger partial charge in [-0.2, -0.15) is 0 Å². The molecule has 19 heavy (non-hydrogen) atoms. The van der Waals surface area contributed by atoms with Gasteiger partial charge in [0.05, 0.1) is 6.61 Å². The summed E-state index contributed by atoms with van der Waals surface area (Å²) in [6.07, 6.45) is 2.87. The first kappa shape index (κ1) is 20.6. The second-order valence-corrected chi connectivity index (χ2v) is 6.65. The molecular weight excluding hydrogens is 266 g/mol. The first-order valence-corrected chi connectivity index (χ1v) is 8.13. The van der Waals surface area contributed by atoms with E-state index in [-0.39, 0.29) is 0 Å². The highest BCUT2D eigenvalue weighted by Gasteiger charge is 2.36. The molecular formula is C12H27NO5Si. The molecule has 0 bridgehead atoms. The van der Waals surface area contributed by atoms with Crippen LogP contribution in [0.5, 0.6) is 0 Å². The molecule has 6 nitrogen and oxygen atoms in total. The maximum atomic E-state index is 10.7. The van der Waals surface area contributed by atoms with Crippen LogP contribution in [0, 0.1) is 0 Å². The number of ether oxygens (including phenoxy) is 1. The van der Waals surface area contributed by atoms with Crippen LogP contribution in [0.3, 0.4) is 0 Å². The fourth-order valence-corrected chi connectivity index (χ4v) is 2.77. The van der Waals surface area contributed by atoms with Crippen molar-refractivity contribution in [1.29, 1.82) is 0 Å². The fraction of sp³-hybridized carbons (Fsp3) is 0.750. The molecule has 0 aliphatic carbocycles. The number of rotatable bonds is 9. The Morgan fingerprint density at radius 2 is 1.74 bits per heavy atom. The van der Waals surface area contributed by atoms with Gasteiger partial charge in [-0.1, -0.05) is 13.5 Å². The van der Waals surface area contributed by atoms with Crippen molar-refractivity contribution < 1.29 is 22.8 Å². The van der Waals surface area contributed by atoms with Crippen molar-refractivity contribution in [2.24, 2.45) is 5.73 Å². The summed E-state index contributed by atoms with van der Waals surface area (Å²) in [5.41, 5.74) is 5.03. The Bertz CT molecular complexity index is 224. The molecule has 0 aliphatic rings. The molecule has 0 radical (unpaired) electrons. The molecule has 0 aromatic rings. The van der Waals surface area contributed by atoms with E-state index >= 15 is 0 Å². The molecule has 0 saturated carbocycles. The number of carbonyl (C=O) groups excluding carboxylic acids is 1. The second kappa shape index (κ2) is 13.7. The summed E-state index contributed by atoms with van der Waals surface area (Å²) < 4.78 is 20.4. The molecule has 0 saturated heterocycles. The van der Waals surface area contributed by atoms with Gasteiger partial charge in [0.1, 0.15) is 0 Å². The van der Waals surface area contributed by atoms with Crippen LogP contribution in [0.2, 0.25) is 6.04 Å². The van der Waals surface area contributed by atoms with Crippen LogP contribution in [0.25, 0.3) is 0 Å². The Labute approximate surface area is 117 Å². The van der Waals surface area contributed by atoms with E-state index in [2.05, 4.69) is 13.5 Å². The highest BCUT2D eigenvalue weighted by Crippen LogP contribution is 2.14. The van der Waals surface area contributed by atoms with Crippen molar-refractivity contribution in [2.45, 2.75) is 25.8 Å². The lowest BCUT2D eigenvalue weighted by Crippen LogP contribution is -2.42. The SMILES string of the molecule is C=CC(=O)OCCC[Si](OC)(OC)OC.CCCN. The van der Waals surface area contributed by atoms with Gasteiger partial charge in [0, 0.05) is 33.4 Å². The van der Waals surface area contributed by atoms with Gasteiger partial charge in [-0.25, -0.2) is 4.79 Å². The van der Waals surface area contributed by atoms with E-state index in [9.17, 15) is 4.79 Å². The Morgan fingerprint density at radius 3 is 2.05 bits per heavy atom. The van der Waals surface area contributed by atoms with Crippen molar-refractivity contribution >= 4 is 14.8 Å². The van der Waals surface area contributed by atoms with Crippen LogP contribution < -0.4 is 5.73 Å². The summed E-state index contributed by atoms with van der Waals surface area (Å²) in [5, 5.41) is 0. The standard InChI is InChI=1S/C9H18O5Si.C3H9N/c1-5-9(10)14-7-6-8-15(11-2,12-3)13-4;1-2-3-4/h5H,1,6-8H2,2-4H3;2-4H2,1H3. The number of carbonyl (C=O) groups is 1. The molecule has 0 fully saturated rings. The molecule has 2 N–H and O–H groups in total. The van der Waals surface area contributed by atoms with Crippen molar-refractivity contribution in [3.05, 3.63) is 12.7 Å². The third kappa shape index (κ3) is 10.8. The largest absolute Gasteiger partial charge is 0.500 e. The molecule has 0 heterocycles. The van der Waals surface area contributed by atoms with Crippen LogP contribution >= 0.6 is 0 Å². The number of hydrogen-bond donors (Lipinski definition) is 1. The first-order valence-electron chi connectivity index (χ1n) is 6.20. The van der Waals surface area contributed by atoms with E-state index in [1.165, 1.54) is 0 Å². The lowest BCUT2D eigenvalue weighted by molar-refractivity contribution is -0.137. The maximum absolute atomic E-state index is 10.7. The fourth-order valence-electron chi connectivity index (χ4n) is 1.08. The summed E-state index contributed by atoms with van der Waals surface area (Å²) in [6, 6.07) is 0.612. The normalized spacial score (nSPS) is 10.4. The number of hydrogen-bond acceptors (Lipinski definition) is 6. The van der Waals surface area contributed by atoms with Crippen LogP contribution in [0.4, 0.5) is 0 Å². The van der Waals surface area contributed by atoms with Gasteiger partial charge in [-0.3, -0.25) is 0 Å². The minimum Gasteiger partial charge on any atom is -0.463 e. The summed E-state index contributed by atoms with van der Waals surface area (Å²) >= 11 is 0. The molecule has 0 spiro atoms. The number of esters is 1. The van der Waals surface area contributed by atoms with E-state index in [1.807, 2.05) is 0 Å². The Morgan fingerprint density at radius 1 is 1.26 bits per heavy atom. The molecule has 0 rings (SSSR count). The summed E-state index contributed by atoms with van der Waals surface area (Å²) in [7, 11) is 2.13. The zero-order valence-electron chi connectivity index (χ0n) is 12.4. The summed E-state index contributed by atoms with van der Waals surface area (Å²) in [6.45, 7) is 6.49. The topological polar surface area (TPSA) is 80.0 Å². The lowest BCUT2D eigenvalue weighted by atomic mass is 10.5. The van der Waals surface area contributed by atoms with E-state index in [0.29, 0.717) is 19.1 Å². The number of nitrogens with two attached hydrogens (primary N) is 1. The highest BCUT2D eigenvalue weighted by molar-refractivity contribution is 6.60. The van der Waals surface area contributed by atoms with Crippen molar-refractivity contribution in [3.63, 3.8) is 0 Å². The molecule has 0 aromatic heterocycles. The minimum absolute atomic E-state index is 0.315. The van der Waals surface area contributed by atoms with Crippen molar-refractivity contribution in [2.75, 3.05) is 34.5 Å². The molecule has 7 heteroatoms. The Hall–Kier alpha value is -0.733. The maximum Gasteiger partial charge on any atom is 0.500 e. The first-order chi connectivity index (χ1) is 9.05. The second-order valence-electron chi connectivity index (χ2n) is 3.56. The Balaban J connectivity index is 0. The zero-order valence-corrected chi connectivity index (χ0v) is 13.4. The van der Waals surface area contributed by atoms with Crippen LogP contribution in [-0.4, -0.2) is 49.3 Å². The van der Waals surface area contributed by atoms with Gasteiger partial charge in [0.2, 0.25) is 0 Å². The van der Waals surface area contributed by atoms with Gasteiger partial charge < -0.3 is 23.7 Å². The van der Waals surface area contributed by atoms with E-state index in [4.69, 9.17) is 23.7 Å². The van der Waals surface area contributed by atoms with Gasteiger partial charge >= 0.3 is 14.8 Å². The molecule has 0 aromatic carbocycles. The third-order valence-corrected chi connectivity index (χ3v) is 5.09. The van der Waals surface area contributed by atoms with Gasteiger partial charge in [-0.15, -0.1) is 0 Å². The average Bonchev–Trinajstić information content (AvgIpc) is 2.48. The van der Waals surface area contributed by atoms with Crippen LogP contribution in [0.1, 0.15) is 19.8 Å². The van der Waals surface area contributed by atoms with Gasteiger partial charge in [0.15, 0.2) is 0 Å². The van der Waals surface area contributed by atoms with Crippen LogP contribution in [-0.2, 0) is 22.8 Å². The molecule has 0 unspecified atom stereocenters. The average molecular weight is 293 g/mol. The smallest absolute Gasteiger partial charge is 0.463 e. The minimum atomic E-state index is -2.52. The summed E-state index contributed by atoms with van der Waals surface area (Å²) in [5.74, 6) is -0.422. The zero-order chi connectivity index (χ0) is 15.1. The molecule has 114 valence electrons. The van der Waals surface area contributed by atoms with E-state index in [1.54, 1.807) is 21.3 Å². The monoisotopic (exact) mass is 293 g/mol. The third-order valence-electron chi connectivity index (χ3n) is 2.26. The lowest BCUT2D eigenvalue weighted by Gasteiger charge is -2.23. The Kier molecular flexibility index (Phi) is 14.8. The predicted molar refractivity (Wildman–Crippen MR) is 76.7 cm³/mol. The summed E-state index contributed by atoms with van der Waals surface area (Å²) in [4.78, 5) is 10.7. The molecule has 0 aliphatic heterocycles. The highest BCUT2D eigenvalue weighted by atomic mass is 28.4. The molecule has 0 atom stereocenters. The van der Waals surface area contributed by atoms with E-state index in [0.717, 1.165) is 19.0 Å². The quantitative estimate of drug-likeness (QED) is 0.299. The van der Waals surface area contributed by atoms with E-state index < -0.39 is 14.8 Å². The van der Waals surface area contributed by atoms with Crippen molar-refractivity contribution in [3.8, 4) is 0 Å². The van der Waals surface area contributed by atoms with Crippen molar-refractivity contribution in [1.82, 2.24) is 0 Å². The van der Waals surface area contributed by atoms with Gasteiger partial charge in [-0.05, 0) is 19.4 Å². The van der Waals surface area contributed by atoms with Gasteiger partial charge in [0.25, 0.3) is 0 Å². The van der Waals surface area contributed by atoms with Crippen LogP contribution in [0.15, 0.2) is 12.7 Å². The predicted octanol–water partition coefficient (Wildman–Crippen LogP) is 1.34.